The Morgan fingerprint density at radius 3 is 2.49 bits per heavy atom. The molecule has 2 bridgehead atoms. The van der Waals surface area contributed by atoms with E-state index in [4.69, 9.17) is 19.2 Å². The molecule has 230 valence electrons. The molecule has 3 aliphatic rings. The number of fused-ring (bicyclic) bond motifs is 3. The van der Waals surface area contributed by atoms with E-state index in [1.165, 1.54) is 5.56 Å². The summed E-state index contributed by atoms with van der Waals surface area (Å²) < 4.78 is 19.7. The van der Waals surface area contributed by atoms with Gasteiger partial charge in [0.25, 0.3) is 0 Å². The van der Waals surface area contributed by atoms with Crippen LogP contribution >= 0.6 is 15.9 Å². The molecule has 43 heavy (non-hydrogen) atoms. The van der Waals surface area contributed by atoms with Crippen molar-refractivity contribution in [3.05, 3.63) is 58.1 Å². The summed E-state index contributed by atoms with van der Waals surface area (Å²) in [7, 11) is 1.67. The molecule has 2 aromatic carbocycles. The number of rotatable bonds is 10. The molecule has 3 heterocycles. The Morgan fingerprint density at radius 1 is 1.14 bits per heavy atom. The van der Waals surface area contributed by atoms with E-state index in [1.807, 2.05) is 19.1 Å². The number of carbonyl (C=O) groups is 1. The zero-order valence-corrected chi connectivity index (χ0v) is 27.3. The number of ether oxygens (including phenoxy) is 3. The van der Waals surface area contributed by atoms with Gasteiger partial charge in [-0.2, -0.15) is 0 Å². The average Bonchev–Trinajstić information content (AvgIpc) is 3.62. The number of amides is 1. The van der Waals surface area contributed by atoms with Crippen LogP contribution in [0.5, 0.6) is 11.6 Å². The smallest absolute Gasteiger partial charge is 0.407 e. The van der Waals surface area contributed by atoms with Crippen molar-refractivity contribution in [1.82, 2.24) is 9.88 Å². The zero-order chi connectivity index (χ0) is 30.5. The molecule has 1 N–H and O–H groups in total. The number of piperazine rings is 1. The monoisotopic (exact) mass is 651 g/mol. The molecule has 2 unspecified atom stereocenters. The van der Waals surface area contributed by atoms with E-state index in [0.29, 0.717) is 31.5 Å². The van der Waals surface area contributed by atoms with Gasteiger partial charge < -0.3 is 29.1 Å². The Morgan fingerprint density at radius 2 is 1.88 bits per heavy atom. The highest BCUT2D eigenvalue weighted by Gasteiger charge is 2.46. The quantitative estimate of drug-likeness (QED) is 0.240. The molecule has 0 radical (unpaired) electrons. The standard InChI is InChI=1S/C34H42BrN3O5/c1-20(41-5)19-42-29-15-27(37-17-24-13-23(37)18-38(24)33(39)40)26-14-25(21-11-12-21)30(35)32(31(26)36-29)43-28(16-34(2,3)4)22-9-7-6-8-10-22/h6-10,14-15,20-21,23-24,28H,11-13,16-19H2,1-5H3,(H,39,40)/t20?,23-,24-,28?/m0/s1. The van der Waals surface area contributed by atoms with Crippen molar-refractivity contribution >= 4 is 38.6 Å². The highest BCUT2D eigenvalue weighted by molar-refractivity contribution is 9.10. The van der Waals surface area contributed by atoms with Gasteiger partial charge in [0.1, 0.15) is 18.2 Å². The van der Waals surface area contributed by atoms with E-state index in [2.05, 4.69) is 71.9 Å². The Hall–Kier alpha value is -3.04. The number of hydrogen-bond acceptors (Lipinski definition) is 6. The molecule has 3 fully saturated rings. The number of benzene rings is 2. The zero-order valence-electron chi connectivity index (χ0n) is 25.7. The number of aromatic nitrogens is 1. The summed E-state index contributed by atoms with van der Waals surface area (Å²) in [5, 5.41) is 10.7. The molecular weight excluding hydrogens is 610 g/mol. The molecule has 4 atom stereocenters. The minimum Gasteiger partial charge on any atom is -0.482 e. The number of nitrogens with zero attached hydrogens (tertiary/aromatic N) is 3. The summed E-state index contributed by atoms with van der Waals surface area (Å²) in [6.45, 7) is 10.2. The molecule has 1 aliphatic carbocycles. The predicted molar refractivity (Wildman–Crippen MR) is 172 cm³/mol. The van der Waals surface area contributed by atoms with Crippen LogP contribution in [0.3, 0.4) is 0 Å². The maximum Gasteiger partial charge on any atom is 0.407 e. The Kier molecular flexibility index (Phi) is 8.24. The second kappa shape index (κ2) is 11.8. The van der Waals surface area contributed by atoms with Crippen LogP contribution in [-0.4, -0.2) is 66.1 Å². The summed E-state index contributed by atoms with van der Waals surface area (Å²) in [5.74, 6) is 1.72. The molecule has 1 saturated carbocycles. The highest BCUT2D eigenvalue weighted by Crippen LogP contribution is 2.52. The second-order valence-corrected chi connectivity index (χ2v) is 14.3. The lowest BCUT2D eigenvalue weighted by Crippen LogP contribution is -2.48. The molecular formula is C34H42BrN3O5. The minimum absolute atomic E-state index is 0.0214. The molecule has 0 spiro atoms. The number of pyridine rings is 1. The minimum atomic E-state index is -0.842. The summed E-state index contributed by atoms with van der Waals surface area (Å²) in [4.78, 5) is 20.9. The first-order chi connectivity index (χ1) is 20.5. The van der Waals surface area contributed by atoms with Gasteiger partial charge in [0.2, 0.25) is 5.88 Å². The van der Waals surface area contributed by atoms with Crippen LogP contribution in [0.2, 0.25) is 0 Å². The van der Waals surface area contributed by atoms with Crippen LogP contribution in [0, 0.1) is 5.41 Å². The van der Waals surface area contributed by atoms with E-state index in [-0.39, 0.29) is 29.7 Å². The van der Waals surface area contributed by atoms with Gasteiger partial charge in [-0.05, 0) is 77.1 Å². The first-order valence-corrected chi connectivity index (χ1v) is 16.1. The third-order valence-electron chi connectivity index (χ3n) is 8.89. The van der Waals surface area contributed by atoms with Crippen molar-refractivity contribution in [3.63, 3.8) is 0 Å². The van der Waals surface area contributed by atoms with Crippen molar-refractivity contribution in [1.29, 1.82) is 0 Å². The van der Waals surface area contributed by atoms with E-state index >= 15 is 0 Å². The maximum absolute atomic E-state index is 11.8. The van der Waals surface area contributed by atoms with Crippen molar-refractivity contribution in [2.75, 3.05) is 31.7 Å². The second-order valence-electron chi connectivity index (χ2n) is 13.5. The maximum atomic E-state index is 11.8. The lowest BCUT2D eigenvalue weighted by Gasteiger charge is -2.35. The molecule has 2 aliphatic heterocycles. The average molecular weight is 653 g/mol. The molecule has 6 rings (SSSR count). The fraction of sp³-hybridized carbons (Fsp3) is 0.529. The van der Waals surface area contributed by atoms with E-state index in [9.17, 15) is 9.90 Å². The normalized spacial score (nSPS) is 21.3. The molecule has 1 amide bonds. The number of halogens is 1. The summed E-state index contributed by atoms with van der Waals surface area (Å²) >= 11 is 3.97. The number of carboxylic acid groups (broad SMARTS) is 1. The van der Waals surface area contributed by atoms with Crippen molar-refractivity contribution in [3.8, 4) is 11.6 Å². The number of anilines is 1. The van der Waals surface area contributed by atoms with Crippen molar-refractivity contribution in [2.24, 2.45) is 5.41 Å². The molecule has 9 heteroatoms. The highest BCUT2D eigenvalue weighted by atomic mass is 79.9. The largest absolute Gasteiger partial charge is 0.482 e. The summed E-state index contributed by atoms with van der Waals surface area (Å²) in [6.07, 6.45) is 2.83. The van der Waals surface area contributed by atoms with Crippen LogP contribution in [0.1, 0.15) is 76.5 Å². The van der Waals surface area contributed by atoms with Crippen molar-refractivity contribution in [2.45, 2.75) is 83.6 Å². The Labute approximate surface area is 262 Å². The van der Waals surface area contributed by atoms with Gasteiger partial charge in [-0.25, -0.2) is 9.78 Å². The van der Waals surface area contributed by atoms with Crippen LogP contribution in [-0.2, 0) is 4.74 Å². The van der Waals surface area contributed by atoms with Gasteiger partial charge in [-0.1, -0.05) is 51.1 Å². The van der Waals surface area contributed by atoms with E-state index in [0.717, 1.165) is 58.1 Å². The SMILES string of the molecule is COC(C)COc1cc(N2C[C@@H]3C[C@H]2CN3C(=O)O)c2cc(C3CC3)c(Br)c(OC(CC(C)(C)C)c3ccccc3)c2n1. The van der Waals surface area contributed by atoms with Crippen LogP contribution in [0.25, 0.3) is 10.9 Å². The predicted octanol–water partition coefficient (Wildman–Crippen LogP) is 7.79. The molecule has 2 saturated heterocycles. The lowest BCUT2D eigenvalue weighted by molar-refractivity contribution is 0.0700. The number of methoxy groups -OCH3 is 1. The molecule has 1 aromatic heterocycles. The van der Waals surface area contributed by atoms with Crippen molar-refractivity contribution < 1.29 is 24.1 Å². The molecule has 3 aromatic rings. The fourth-order valence-electron chi connectivity index (χ4n) is 6.46. The first kappa shape index (κ1) is 30.0. The van der Waals surface area contributed by atoms with Crippen LogP contribution < -0.4 is 14.4 Å². The number of likely N-dealkylation sites (tertiary alicyclic amines) is 1. The van der Waals surface area contributed by atoms with E-state index < -0.39 is 6.09 Å². The van der Waals surface area contributed by atoms with Crippen LogP contribution in [0.15, 0.2) is 46.9 Å². The van der Waals surface area contributed by atoms with E-state index in [1.54, 1.807) is 12.0 Å². The third kappa shape index (κ3) is 6.29. The number of hydrogen-bond donors (Lipinski definition) is 1. The summed E-state index contributed by atoms with van der Waals surface area (Å²) in [6, 6.07) is 14.8. The fourth-order valence-corrected chi connectivity index (χ4v) is 7.18. The Balaban J connectivity index is 1.50. The van der Waals surface area contributed by atoms with Gasteiger partial charge in [0, 0.05) is 37.7 Å². The van der Waals surface area contributed by atoms with Gasteiger partial charge in [0.15, 0.2) is 5.75 Å². The third-order valence-corrected chi connectivity index (χ3v) is 9.71. The molecule has 8 nitrogen and oxygen atoms in total. The van der Waals surface area contributed by atoms with Gasteiger partial charge >= 0.3 is 6.09 Å². The first-order valence-electron chi connectivity index (χ1n) is 15.3. The Bertz CT molecular complexity index is 1490. The topological polar surface area (TPSA) is 84.4 Å². The lowest BCUT2D eigenvalue weighted by atomic mass is 9.86. The summed E-state index contributed by atoms with van der Waals surface area (Å²) in [5.41, 5.74) is 4.17. The van der Waals surface area contributed by atoms with Gasteiger partial charge in [-0.3, -0.25) is 0 Å². The van der Waals surface area contributed by atoms with Crippen LogP contribution in [0.4, 0.5) is 10.5 Å². The van der Waals surface area contributed by atoms with Gasteiger partial charge in [0.05, 0.1) is 22.3 Å². The van der Waals surface area contributed by atoms with Gasteiger partial charge in [-0.15, -0.1) is 0 Å².